The quantitative estimate of drug-likeness (QED) is 0.549. The second-order valence-electron chi connectivity index (χ2n) is 10.5. The predicted molar refractivity (Wildman–Crippen MR) is 131 cm³/mol. The molecule has 0 unspecified atom stereocenters. The molecule has 34 heavy (non-hydrogen) atoms. The number of hydrogen-bond donors (Lipinski definition) is 0. The average molecular weight is 465 g/mol. The molecular weight excluding hydrogens is 428 g/mol. The van der Waals surface area contributed by atoms with E-state index >= 15 is 0 Å². The van der Waals surface area contributed by atoms with Gasteiger partial charge in [-0.3, -0.25) is 9.63 Å². The number of hydrogen-bond acceptors (Lipinski definition) is 5. The van der Waals surface area contributed by atoms with Crippen LogP contribution < -0.4 is 0 Å². The number of esters is 1. The molecule has 0 saturated carbocycles. The van der Waals surface area contributed by atoms with E-state index in [9.17, 15) is 9.59 Å². The number of nitrogens with zero attached hydrogens (tertiary/aromatic N) is 2. The zero-order chi connectivity index (χ0) is 24.5. The molecule has 0 aliphatic carbocycles. The highest BCUT2D eigenvalue weighted by Gasteiger charge is 2.59. The fourth-order valence-corrected chi connectivity index (χ4v) is 5.17. The summed E-state index contributed by atoms with van der Waals surface area (Å²) in [6.45, 7) is 10.3. The third kappa shape index (κ3) is 4.75. The van der Waals surface area contributed by atoms with Crippen molar-refractivity contribution in [2.24, 2.45) is 0 Å². The Morgan fingerprint density at radius 1 is 1.00 bits per heavy atom. The van der Waals surface area contributed by atoms with Crippen LogP contribution in [-0.4, -0.2) is 45.6 Å². The molecule has 6 nitrogen and oxygen atoms in total. The molecule has 182 valence electrons. The first kappa shape index (κ1) is 24.4. The minimum Gasteiger partial charge on any atom is -0.459 e. The van der Waals surface area contributed by atoms with Crippen LogP contribution >= 0.6 is 0 Å². The smallest absolute Gasteiger partial charge is 0.329 e. The largest absolute Gasteiger partial charge is 0.459 e. The highest BCUT2D eigenvalue weighted by Crippen LogP contribution is 2.44. The predicted octanol–water partition coefficient (Wildman–Crippen LogP) is 5.22. The molecule has 2 fully saturated rings. The van der Waals surface area contributed by atoms with Crippen molar-refractivity contribution in [2.75, 3.05) is 6.54 Å². The van der Waals surface area contributed by atoms with Gasteiger partial charge in [0.15, 0.2) is 6.10 Å². The summed E-state index contributed by atoms with van der Waals surface area (Å²) in [6.07, 6.45) is 1.05. The summed E-state index contributed by atoms with van der Waals surface area (Å²) < 4.78 is 5.76. The number of ether oxygens (including phenoxy) is 1. The number of carbonyl (C=O) groups excluding carboxylic acids is 2. The van der Waals surface area contributed by atoms with Crippen molar-refractivity contribution in [3.63, 3.8) is 0 Å². The third-order valence-corrected chi connectivity index (χ3v) is 6.91. The van der Waals surface area contributed by atoms with Gasteiger partial charge in [0.2, 0.25) is 0 Å². The first-order valence-corrected chi connectivity index (χ1v) is 12.2. The molecule has 2 saturated heterocycles. The van der Waals surface area contributed by atoms with Crippen LogP contribution in [0.25, 0.3) is 0 Å². The Hall–Kier alpha value is -2.70. The van der Waals surface area contributed by atoms with Crippen LogP contribution in [0.2, 0.25) is 0 Å². The molecule has 0 bridgehead atoms. The molecule has 6 heteroatoms. The van der Waals surface area contributed by atoms with Crippen molar-refractivity contribution in [1.29, 1.82) is 0 Å². The van der Waals surface area contributed by atoms with Crippen molar-refractivity contribution >= 4 is 11.9 Å². The average Bonchev–Trinajstić information content (AvgIpc) is 3.38. The monoisotopic (exact) mass is 464 g/mol. The molecule has 0 aromatic heterocycles. The summed E-state index contributed by atoms with van der Waals surface area (Å²) in [6, 6.07) is 19.7. The van der Waals surface area contributed by atoms with Gasteiger partial charge in [-0.15, -0.1) is 0 Å². The standard InChI is InChI=1S/C28H36N2O4/c1-20(22-13-8-6-9-14-22)30(21(2)23-15-10-7-11-16-23)25(31)24-19-28(17-12-18-29(28)34-24)26(32)33-27(3,4)5/h6-11,13-16,20-21,24H,12,17-19H2,1-5H3/t20-,21-,24-,28-/m0/s1. The van der Waals surface area contributed by atoms with Crippen molar-refractivity contribution in [2.45, 2.75) is 83.2 Å². The van der Waals surface area contributed by atoms with Gasteiger partial charge in [-0.1, -0.05) is 60.7 Å². The van der Waals surface area contributed by atoms with Crippen LogP contribution in [-0.2, 0) is 19.2 Å². The summed E-state index contributed by atoms with van der Waals surface area (Å²) in [5.41, 5.74) is 0.612. The SMILES string of the molecule is C[C@@H](c1ccccc1)N(C(=O)[C@@H]1C[C@]2(C(=O)OC(C)(C)C)CCCN2O1)[C@@H](C)c1ccccc1. The van der Waals surface area contributed by atoms with E-state index in [1.807, 2.05) is 100 Å². The molecule has 2 heterocycles. The highest BCUT2D eigenvalue weighted by molar-refractivity contribution is 5.87. The van der Waals surface area contributed by atoms with Crippen LogP contribution in [0.4, 0.5) is 0 Å². The van der Waals surface area contributed by atoms with E-state index in [0.717, 1.165) is 17.5 Å². The molecule has 0 radical (unpaired) electrons. The van der Waals surface area contributed by atoms with E-state index < -0.39 is 17.2 Å². The Kier molecular flexibility index (Phi) is 6.83. The van der Waals surface area contributed by atoms with Gasteiger partial charge in [-0.05, 0) is 58.6 Å². The molecule has 2 aliphatic rings. The van der Waals surface area contributed by atoms with Crippen LogP contribution in [0.15, 0.2) is 60.7 Å². The van der Waals surface area contributed by atoms with Crippen LogP contribution in [0, 0.1) is 0 Å². The van der Waals surface area contributed by atoms with Gasteiger partial charge in [0.25, 0.3) is 5.91 Å². The van der Waals surface area contributed by atoms with Crippen LogP contribution in [0.1, 0.15) is 77.1 Å². The molecule has 4 rings (SSSR count). The van der Waals surface area contributed by atoms with E-state index in [2.05, 4.69) is 0 Å². The lowest BCUT2D eigenvalue weighted by Crippen LogP contribution is -2.48. The topological polar surface area (TPSA) is 59.1 Å². The number of hydroxylamine groups is 2. The van der Waals surface area contributed by atoms with Crippen molar-refractivity contribution in [1.82, 2.24) is 9.96 Å². The maximum atomic E-state index is 14.1. The summed E-state index contributed by atoms with van der Waals surface area (Å²) >= 11 is 0. The lowest BCUT2D eigenvalue weighted by Gasteiger charge is -2.37. The lowest BCUT2D eigenvalue weighted by molar-refractivity contribution is -0.202. The Balaban J connectivity index is 1.63. The fraction of sp³-hybridized carbons (Fsp3) is 0.500. The van der Waals surface area contributed by atoms with Gasteiger partial charge in [-0.2, -0.15) is 5.06 Å². The molecule has 0 N–H and O–H groups in total. The van der Waals surface area contributed by atoms with Crippen molar-refractivity contribution in [3.05, 3.63) is 71.8 Å². The zero-order valence-electron chi connectivity index (χ0n) is 20.9. The van der Waals surface area contributed by atoms with Gasteiger partial charge in [-0.25, -0.2) is 4.79 Å². The molecule has 0 spiro atoms. The maximum Gasteiger partial charge on any atom is 0.329 e. The Labute approximate surface area is 202 Å². The summed E-state index contributed by atoms with van der Waals surface area (Å²) in [5.74, 6) is -0.406. The normalized spacial score (nSPS) is 24.3. The number of fused-ring (bicyclic) bond motifs is 1. The van der Waals surface area contributed by atoms with Gasteiger partial charge >= 0.3 is 5.97 Å². The summed E-state index contributed by atoms with van der Waals surface area (Å²) in [4.78, 5) is 35.4. The molecule has 2 aromatic carbocycles. The first-order chi connectivity index (χ1) is 16.1. The molecular formula is C28H36N2O4. The second-order valence-corrected chi connectivity index (χ2v) is 10.5. The lowest BCUT2D eigenvalue weighted by atomic mass is 9.90. The van der Waals surface area contributed by atoms with Crippen LogP contribution in [0.5, 0.6) is 0 Å². The van der Waals surface area contributed by atoms with Gasteiger partial charge in [0, 0.05) is 13.0 Å². The van der Waals surface area contributed by atoms with Gasteiger partial charge < -0.3 is 9.64 Å². The molecule has 2 aliphatic heterocycles. The van der Waals surface area contributed by atoms with E-state index in [4.69, 9.17) is 9.57 Å². The maximum absolute atomic E-state index is 14.1. The van der Waals surface area contributed by atoms with E-state index in [1.54, 1.807) is 5.06 Å². The fourth-order valence-electron chi connectivity index (χ4n) is 5.17. The second kappa shape index (κ2) is 9.51. The molecule has 2 aromatic rings. The minimum absolute atomic E-state index is 0.106. The Morgan fingerprint density at radius 2 is 1.53 bits per heavy atom. The summed E-state index contributed by atoms with van der Waals surface area (Å²) in [5, 5.41) is 1.71. The number of carbonyl (C=O) groups is 2. The van der Waals surface area contributed by atoms with Crippen LogP contribution in [0.3, 0.4) is 0 Å². The molecule has 4 atom stereocenters. The highest BCUT2D eigenvalue weighted by atomic mass is 16.7. The van der Waals surface area contributed by atoms with Gasteiger partial charge in [0.1, 0.15) is 11.1 Å². The van der Waals surface area contributed by atoms with E-state index in [-0.39, 0.29) is 24.0 Å². The zero-order valence-corrected chi connectivity index (χ0v) is 20.9. The van der Waals surface area contributed by atoms with Crippen molar-refractivity contribution < 1.29 is 19.2 Å². The Bertz CT molecular complexity index is 959. The van der Waals surface area contributed by atoms with E-state index in [1.165, 1.54) is 0 Å². The van der Waals surface area contributed by atoms with Gasteiger partial charge in [0.05, 0.1) is 12.1 Å². The first-order valence-electron chi connectivity index (χ1n) is 12.2. The molecule has 1 amide bonds. The number of benzene rings is 2. The third-order valence-electron chi connectivity index (χ3n) is 6.91. The Morgan fingerprint density at radius 3 is 2.03 bits per heavy atom. The minimum atomic E-state index is -0.898. The van der Waals surface area contributed by atoms with E-state index in [0.29, 0.717) is 19.4 Å². The summed E-state index contributed by atoms with van der Waals surface area (Å²) in [7, 11) is 0. The van der Waals surface area contributed by atoms with Crippen molar-refractivity contribution in [3.8, 4) is 0 Å². The number of rotatable bonds is 6. The number of amides is 1.